The van der Waals surface area contributed by atoms with Crippen molar-refractivity contribution in [2.24, 2.45) is 11.3 Å². The van der Waals surface area contributed by atoms with Gasteiger partial charge in [-0.25, -0.2) is 5.48 Å². The van der Waals surface area contributed by atoms with Gasteiger partial charge < -0.3 is 15.5 Å². The maximum atomic E-state index is 13.7. The third-order valence-corrected chi connectivity index (χ3v) is 6.55. The third-order valence-electron chi connectivity index (χ3n) is 6.55. The minimum absolute atomic E-state index is 0.0104. The number of hydrogen-bond acceptors (Lipinski definition) is 5. The highest BCUT2D eigenvalue weighted by molar-refractivity contribution is 5.93. The minimum Gasteiger partial charge on any atom is -0.342 e. The summed E-state index contributed by atoms with van der Waals surface area (Å²) in [5.74, 6) is -1.16. The molecule has 1 rings (SSSR count). The van der Waals surface area contributed by atoms with E-state index in [0.29, 0.717) is 5.57 Å². The van der Waals surface area contributed by atoms with Crippen LogP contribution in [0.5, 0.6) is 0 Å². The molecule has 0 aliphatic carbocycles. The zero-order valence-electron chi connectivity index (χ0n) is 22.9. The Morgan fingerprint density at radius 2 is 1.54 bits per heavy atom. The number of hydroxylamine groups is 1. The van der Waals surface area contributed by atoms with Crippen molar-refractivity contribution >= 4 is 17.7 Å². The molecule has 4 N–H and O–H groups in total. The van der Waals surface area contributed by atoms with E-state index in [9.17, 15) is 14.4 Å². The summed E-state index contributed by atoms with van der Waals surface area (Å²) in [6, 6.07) is 8.00. The first kappa shape index (κ1) is 30.3. The van der Waals surface area contributed by atoms with Crippen LogP contribution >= 0.6 is 0 Å². The molecule has 196 valence electrons. The maximum Gasteiger partial charge on any atom is 0.270 e. The first-order chi connectivity index (χ1) is 16.1. The summed E-state index contributed by atoms with van der Waals surface area (Å²) < 4.78 is 0. The molecule has 0 spiro atoms. The van der Waals surface area contributed by atoms with Gasteiger partial charge in [-0.2, -0.15) is 0 Å². The van der Waals surface area contributed by atoms with Crippen molar-refractivity contribution in [3.63, 3.8) is 0 Å². The number of rotatable bonds is 10. The molecular weight excluding hydrogens is 444 g/mol. The molecule has 0 saturated heterocycles. The predicted molar refractivity (Wildman–Crippen MR) is 139 cm³/mol. The molecule has 0 bridgehead atoms. The van der Waals surface area contributed by atoms with Gasteiger partial charge in [-0.3, -0.25) is 19.6 Å². The van der Waals surface area contributed by atoms with Crippen LogP contribution in [0.1, 0.15) is 61.0 Å². The molecule has 1 aromatic rings. The van der Waals surface area contributed by atoms with Gasteiger partial charge in [-0.15, -0.1) is 0 Å². The lowest BCUT2D eigenvalue weighted by molar-refractivity contribution is -0.141. The van der Waals surface area contributed by atoms with Gasteiger partial charge in [0.05, 0.1) is 12.1 Å². The first-order valence-corrected chi connectivity index (χ1v) is 12.0. The Kier molecular flexibility index (Phi) is 10.7. The quantitative estimate of drug-likeness (QED) is 0.230. The molecule has 3 atom stereocenters. The van der Waals surface area contributed by atoms with Crippen molar-refractivity contribution in [1.29, 1.82) is 0 Å². The highest BCUT2D eigenvalue weighted by atomic mass is 16.5. The molecule has 0 fully saturated rings. The smallest absolute Gasteiger partial charge is 0.270 e. The molecule has 3 amide bonds. The second-order valence-electron chi connectivity index (χ2n) is 11.1. The Morgan fingerprint density at radius 1 is 1.00 bits per heavy atom. The second-order valence-corrected chi connectivity index (χ2v) is 11.1. The summed E-state index contributed by atoms with van der Waals surface area (Å²) in [5.41, 5.74) is 1.82. The topological polar surface area (TPSA) is 111 Å². The van der Waals surface area contributed by atoms with Crippen LogP contribution in [0.15, 0.2) is 42.0 Å². The number of nitrogens with one attached hydrogen (secondary N) is 3. The molecule has 0 radical (unpaired) electrons. The Labute approximate surface area is 210 Å². The van der Waals surface area contributed by atoms with Gasteiger partial charge in [0, 0.05) is 18.0 Å². The fourth-order valence-electron chi connectivity index (χ4n) is 4.25. The number of carbonyl (C=O) groups excluding carboxylic acids is 3. The van der Waals surface area contributed by atoms with Crippen molar-refractivity contribution in [2.75, 3.05) is 14.1 Å². The monoisotopic (exact) mass is 488 g/mol. The second kappa shape index (κ2) is 12.3. The van der Waals surface area contributed by atoms with E-state index >= 15 is 0 Å². The maximum absolute atomic E-state index is 13.7. The summed E-state index contributed by atoms with van der Waals surface area (Å²) in [7, 11) is 3.41. The van der Waals surface area contributed by atoms with Crippen molar-refractivity contribution < 1.29 is 19.6 Å². The van der Waals surface area contributed by atoms with E-state index < -0.39 is 34.9 Å². The zero-order valence-corrected chi connectivity index (χ0v) is 22.9. The van der Waals surface area contributed by atoms with E-state index in [1.165, 1.54) is 0 Å². The molecular formula is C27H44N4O4. The van der Waals surface area contributed by atoms with Gasteiger partial charge >= 0.3 is 0 Å². The highest BCUT2D eigenvalue weighted by Crippen LogP contribution is 2.29. The lowest BCUT2D eigenvalue weighted by Gasteiger charge is -2.40. The van der Waals surface area contributed by atoms with E-state index in [1.807, 2.05) is 78.8 Å². The van der Waals surface area contributed by atoms with E-state index in [0.717, 1.165) is 5.56 Å². The van der Waals surface area contributed by atoms with Crippen molar-refractivity contribution in [1.82, 2.24) is 21.0 Å². The van der Waals surface area contributed by atoms with E-state index in [-0.39, 0.29) is 17.7 Å². The lowest BCUT2D eigenvalue weighted by atomic mass is 9.76. The van der Waals surface area contributed by atoms with E-state index in [2.05, 4.69) is 10.6 Å². The summed E-state index contributed by atoms with van der Waals surface area (Å²) in [4.78, 5) is 40.7. The predicted octanol–water partition coefficient (Wildman–Crippen LogP) is 3.02. The highest BCUT2D eigenvalue weighted by Gasteiger charge is 2.41. The number of nitrogens with zero attached hydrogens (tertiary/aromatic N) is 1. The van der Waals surface area contributed by atoms with Crippen molar-refractivity contribution in [3.8, 4) is 0 Å². The van der Waals surface area contributed by atoms with Gasteiger partial charge in [-0.05, 0) is 30.9 Å². The average molecular weight is 489 g/mol. The Balaban J connectivity index is 3.29. The molecule has 0 heterocycles. The fourth-order valence-corrected chi connectivity index (χ4v) is 4.25. The largest absolute Gasteiger partial charge is 0.342 e. The molecule has 8 nitrogen and oxygen atoms in total. The Hall–Kier alpha value is -2.71. The molecule has 0 unspecified atom stereocenters. The summed E-state index contributed by atoms with van der Waals surface area (Å²) >= 11 is 0. The van der Waals surface area contributed by atoms with Crippen LogP contribution in [0.25, 0.3) is 0 Å². The normalized spacial score (nSPS) is 15.3. The zero-order chi connectivity index (χ0) is 27.1. The van der Waals surface area contributed by atoms with E-state index in [4.69, 9.17) is 5.21 Å². The molecule has 8 heteroatoms. The van der Waals surface area contributed by atoms with Crippen LogP contribution in [0.3, 0.4) is 0 Å². The van der Waals surface area contributed by atoms with Gasteiger partial charge in [0.15, 0.2) is 0 Å². The molecule has 0 saturated carbocycles. The molecule has 35 heavy (non-hydrogen) atoms. The van der Waals surface area contributed by atoms with Crippen LogP contribution < -0.4 is 16.1 Å². The van der Waals surface area contributed by atoms with Crippen molar-refractivity contribution in [2.45, 2.75) is 78.9 Å². The van der Waals surface area contributed by atoms with Gasteiger partial charge in [0.1, 0.15) is 6.04 Å². The van der Waals surface area contributed by atoms with Crippen LogP contribution in [0.2, 0.25) is 0 Å². The Morgan fingerprint density at radius 3 is 1.97 bits per heavy atom. The standard InChI is InChI=1S/C27H44N4O4/c1-17(2)20(16-18(3)23(32)30-35)31(10)25(34)22(26(4,5)6)29-24(33)21(28-9)27(7,8)19-14-12-11-13-15-19/h11-17,20-22,28,35H,1-10H3,(H,29,33)(H,30,32)/b18-16+/t20-,21-,22-/m1/s1. The third kappa shape index (κ3) is 7.64. The van der Waals surface area contributed by atoms with Crippen LogP contribution in [-0.2, 0) is 19.8 Å². The summed E-state index contributed by atoms with van der Waals surface area (Å²) in [5, 5.41) is 15.1. The minimum atomic E-state index is -0.802. The number of benzene rings is 1. The van der Waals surface area contributed by atoms with E-state index in [1.54, 1.807) is 37.5 Å². The number of carbonyl (C=O) groups is 3. The molecule has 0 aromatic heterocycles. The van der Waals surface area contributed by atoms with Crippen LogP contribution in [-0.4, -0.2) is 60.0 Å². The number of amides is 3. The van der Waals surface area contributed by atoms with Gasteiger partial charge in [-0.1, -0.05) is 84.9 Å². The lowest BCUT2D eigenvalue weighted by Crippen LogP contribution is -2.61. The first-order valence-electron chi connectivity index (χ1n) is 12.0. The molecule has 0 aliphatic rings. The van der Waals surface area contributed by atoms with Crippen LogP contribution in [0.4, 0.5) is 0 Å². The van der Waals surface area contributed by atoms with Crippen LogP contribution in [0, 0.1) is 11.3 Å². The number of likely N-dealkylation sites (N-methyl/N-ethyl adjacent to an activating group) is 2. The Bertz CT molecular complexity index is 904. The SMILES string of the molecule is CN[C@H](C(=O)N[C@H](C(=O)N(C)[C@H](/C=C(\C)C(=O)NO)C(C)C)C(C)(C)C)C(C)(C)c1ccccc1. The van der Waals surface area contributed by atoms with Gasteiger partial charge in [0.25, 0.3) is 5.91 Å². The average Bonchev–Trinajstić information content (AvgIpc) is 2.79. The summed E-state index contributed by atoms with van der Waals surface area (Å²) in [6.07, 6.45) is 1.66. The summed E-state index contributed by atoms with van der Waals surface area (Å²) in [6.45, 7) is 15.2. The molecule has 0 aliphatic heterocycles. The number of hydrogen-bond donors (Lipinski definition) is 4. The van der Waals surface area contributed by atoms with Gasteiger partial charge in [0.2, 0.25) is 11.8 Å². The fraction of sp³-hybridized carbons (Fsp3) is 0.593. The van der Waals surface area contributed by atoms with Crippen molar-refractivity contribution in [3.05, 3.63) is 47.5 Å². The molecule has 1 aromatic carbocycles.